The number of aliphatic carboxylic acids is 1. The molecule has 0 fully saturated rings. The number of carboxylic acids is 1. The third kappa shape index (κ3) is 17.7. The minimum absolute atomic E-state index is 0.0371. The summed E-state index contributed by atoms with van der Waals surface area (Å²) < 4.78 is 53.7. The smallest absolute Gasteiger partial charge is 0.416 e. The van der Waals surface area contributed by atoms with Crippen LogP contribution < -0.4 is 20.8 Å². The molecular formula is C30H41Cl3F3N6O9PS. The summed E-state index contributed by atoms with van der Waals surface area (Å²) in [6.07, 6.45) is 3.84. The van der Waals surface area contributed by atoms with Gasteiger partial charge >= 0.3 is 17.8 Å². The van der Waals surface area contributed by atoms with Gasteiger partial charge in [-0.1, -0.05) is 55.2 Å². The van der Waals surface area contributed by atoms with Crippen molar-refractivity contribution >= 4 is 82.4 Å². The lowest BCUT2D eigenvalue weighted by Gasteiger charge is -2.26. The quantitative estimate of drug-likeness (QED) is 0.0453. The number of amides is 1. The number of carbonyl (C=O) groups excluding carboxylic acids is 1. The molecule has 0 spiro atoms. The number of aryl methyl sites for hydroxylation is 2. The molecule has 0 aliphatic carbocycles. The van der Waals surface area contributed by atoms with Crippen LogP contribution in [0.1, 0.15) is 30.5 Å². The van der Waals surface area contributed by atoms with Crippen molar-refractivity contribution in [2.24, 2.45) is 0 Å². The molecule has 5 N–H and O–H groups in total. The summed E-state index contributed by atoms with van der Waals surface area (Å²) in [6, 6.07) is 7.38. The van der Waals surface area contributed by atoms with Crippen molar-refractivity contribution in [2.45, 2.75) is 32.9 Å². The number of carboxylic acid groups (broad SMARTS) is 1. The Bertz CT molecular complexity index is 1670. The molecule has 1 aromatic heterocycles. The number of ether oxygens (including phenoxy) is 1. The van der Waals surface area contributed by atoms with Gasteiger partial charge in [-0.15, -0.1) is 11.6 Å². The SMILES string of the molecule is CCc1cccc(CC)c1N(COC)C(=O)CCl.C[S+](C)C.Nc1c([N+](=O)[O-])cnn1-c1c(Cl)cc(C(F)(F)F)cc1Cl.O=C(O)CNCP(=O)([O-])O. The molecule has 3 aromatic rings. The van der Waals surface area contributed by atoms with Gasteiger partial charge in [-0.05, 0) is 47.0 Å². The van der Waals surface area contributed by atoms with Crippen LogP contribution in [0.25, 0.3) is 5.69 Å². The maximum absolute atomic E-state index is 12.6. The number of nitrogens with two attached hydrogens (primary N) is 1. The lowest BCUT2D eigenvalue weighted by molar-refractivity contribution is -0.383. The number of rotatable bonds is 12. The second-order valence-electron chi connectivity index (χ2n) is 10.7. The van der Waals surface area contributed by atoms with E-state index in [1.165, 1.54) is 0 Å². The van der Waals surface area contributed by atoms with Crippen LogP contribution in [0.2, 0.25) is 10.0 Å². The highest BCUT2D eigenvalue weighted by Gasteiger charge is 2.33. The number of nitro groups is 1. The lowest BCUT2D eigenvalue weighted by atomic mass is 10.0. The van der Waals surface area contributed by atoms with E-state index < -0.39 is 54.6 Å². The van der Waals surface area contributed by atoms with Gasteiger partial charge in [0.25, 0.3) is 0 Å². The van der Waals surface area contributed by atoms with Crippen LogP contribution in [0, 0.1) is 10.1 Å². The van der Waals surface area contributed by atoms with Gasteiger partial charge in [0.05, 0.1) is 57.8 Å². The Balaban J connectivity index is 0.000000766. The zero-order valence-corrected chi connectivity index (χ0v) is 33.4. The van der Waals surface area contributed by atoms with E-state index in [0.29, 0.717) is 23.0 Å². The number of aromatic nitrogens is 2. The molecule has 1 heterocycles. The first-order valence-corrected chi connectivity index (χ1v) is 20.4. The number of methoxy groups -OCH3 is 1. The molecular weight excluding hydrogens is 815 g/mol. The number of carbonyl (C=O) groups is 2. The molecule has 0 saturated heterocycles. The molecule has 0 saturated carbocycles. The number of nitrogen functional groups attached to an aromatic ring is 1. The molecule has 53 heavy (non-hydrogen) atoms. The van der Waals surface area contributed by atoms with Crippen LogP contribution in [0.15, 0.2) is 36.5 Å². The molecule has 298 valence electrons. The van der Waals surface area contributed by atoms with Crippen molar-refractivity contribution in [3.8, 4) is 5.69 Å². The van der Waals surface area contributed by atoms with Gasteiger partial charge in [-0.2, -0.15) is 18.3 Å². The Kier molecular flexibility index (Phi) is 22.2. The summed E-state index contributed by atoms with van der Waals surface area (Å²) in [5, 5.41) is 23.5. The molecule has 2 aromatic carbocycles. The molecule has 3 rings (SSSR count). The number of para-hydroxylation sites is 1. The summed E-state index contributed by atoms with van der Waals surface area (Å²) in [4.78, 5) is 51.2. The van der Waals surface area contributed by atoms with Crippen LogP contribution in [-0.4, -0.2) is 87.9 Å². The number of hydrogen-bond donors (Lipinski definition) is 4. The van der Waals surface area contributed by atoms with Crippen LogP contribution in [0.5, 0.6) is 0 Å². The number of halogens is 6. The Labute approximate surface area is 322 Å². The van der Waals surface area contributed by atoms with Crippen LogP contribution in [-0.2, 0) is 48.8 Å². The average molecular weight is 856 g/mol. The predicted octanol–water partition coefficient (Wildman–Crippen LogP) is 5.33. The fourth-order valence-corrected chi connectivity index (χ4v) is 5.11. The number of nitrogens with one attached hydrogen (secondary N) is 1. The van der Waals surface area contributed by atoms with Gasteiger partial charge in [0.1, 0.15) is 32.1 Å². The summed E-state index contributed by atoms with van der Waals surface area (Å²) in [5.74, 6) is -1.74. The summed E-state index contributed by atoms with van der Waals surface area (Å²) in [5.41, 5.74) is 7.02. The second kappa shape index (κ2) is 23.6. The molecule has 1 amide bonds. The van der Waals surface area contributed by atoms with Crippen molar-refractivity contribution < 1.29 is 51.9 Å². The van der Waals surface area contributed by atoms with Crippen molar-refractivity contribution in [3.63, 3.8) is 0 Å². The number of anilines is 2. The number of nitrogens with zero attached hydrogens (tertiary/aromatic N) is 4. The van der Waals surface area contributed by atoms with Crippen LogP contribution in [0.3, 0.4) is 0 Å². The number of benzene rings is 2. The summed E-state index contributed by atoms with van der Waals surface area (Å²) >= 11 is 17.2. The third-order valence-electron chi connectivity index (χ3n) is 6.04. The molecule has 1 atom stereocenters. The average Bonchev–Trinajstić information content (AvgIpc) is 3.42. The minimum atomic E-state index is -4.63. The van der Waals surface area contributed by atoms with Crippen molar-refractivity contribution in [1.82, 2.24) is 15.1 Å². The molecule has 0 radical (unpaired) electrons. The maximum Gasteiger partial charge on any atom is 0.416 e. The monoisotopic (exact) mass is 854 g/mol. The van der Waals surface area contributed by atoms with E-state index in [1.807, 2.05) is 23.5 Å². The van der Waals surface area contributed by atoms with Gasteiger partial charge in [0.2, 0.25) is 11.7 Å². The van der Waals surface area contributed by atoms with E-state index in [9.17, 15) is 42.3 Å². The van der Waals surface area contributed by atoms with Crippen LogP contribution >= 0.6 is 42.4 Å². The number of alkyl halides is 4. The van der Waals surface area contributed by atoms with Gasteiger partial charge in [0.15, 0.2) is 0 Å². The fourth-order valence-electron chi connectivity index (χ4n) is 3.93. The van der Waals surface area contributed by atoms with Gasteiger partial charge < -0.3 is 29.9 Å². The van der Waals surface area contributed by atoms with E-state index in [4.69, 9.17) is 55.3 Å². The second-order valence-corrected chi connectivity index (χ2v) is 15.8. The molecule has 0 bridgehead atoms. The highest BCUT2D eigenvalue weighted by atomic mass is 35.5. The highest BCUT2D eigenvalue weighted by molar-refractivity contribution is 7.94. The van der Waals surface area contributed by atoms with E-state index >= 15 is 0 Å². The first-order chi connectivity index (χ1) is 24.5. The maximum atomic E-state index is 12.6. The standard InChI is InChI=1S/C14H20ClNO2.C10H5Cl2F3N4O2.C3H8NO5P.C3H9S/c1-4-11-7-6-8-12(5-2)14(11)16(10-18-3)13(17)9-15;11-5-1-4(10(13,14)15)2-6(12)8(5)18-9(16)7(3-17-18)19(20)21;5-3(6)1-4-2-10(7,8)9;1-4(2)3/h6-8H,4-5,9-10H2,1-3H3;1-3H,16H2;4H,1-2H2,(H,5,6)(H2,7,8,9);1-3H3/q;;;+1/p-1. The highest BCUT2D eigenvalue weighted by Crippen LogP contribution is 2.39. The van der Waals surface area contributed by atoms with Gasteiger partial charge in [-0.25, -0.2) is 4.68 Å². The zero-order valence-electron chi connectivity index (χ0n) is 29.4. The topological polar surface area (TPSA) is 226 Å². The molecule has 1 unspecified atom stereocenters. The Morgan fingerprint density at radius 3 is 1.98 bits per heavy atom. The Morgan fingerprint density at radius 2 is 1.64 bits per heavy atom. The van der Waals surface area contributed by atoms with E-state index in [1.54, 1.807) is 12.0 Å². The Morgan fingerprint density at radius 1 is 1.15 bits per heavy atom. The lowest BCUT2D eigenvalue weighted by Crippen LogP contribution is -2.35. The van der Waals surface area contributed by atoms with Crippen LogP contribution in [0.4, 0.5) is 30.4 Å². The summed E-state index contributed by atoms with van der Waals surface area (Å²) in [7, 11) is -2.13. The molecule has 0 aliphatic rings. The molecule has 23 heteroatoms. The molecule has 0 aliphatic heterocycles. The van der Waals surface area contributed by atoms with E-state index in [0.717, 1.165) is 40.5 Å². The first-order valence-electron chi connectivity index (χ1n) is 14.9. The third-order valence-corrected chi connectivity index (χ3v) is 7.46. The van der Waals surface area contributed by atoms with E-state index in [-0.39, 0.29) is 34.3 Å². The number of hydrogen-bond acceptors (Lipinski definition) is 10. The predicted molar refractivity (Wildman–Crippen MR) is 200 cm³/mol. The summed E-state index contributed by atoms with van der Waals surface area (Å²) in [6.45, 7) is 3.91. The van der Waals surface area contributed by atoms with Gasteiger partial charge in [0, 0.05) is 7.11 Å². The van der Waals surface area contributed by atoms with Crippen molar-refractivity contribution in [1.29, 1.82) is 0 Å². The van der Waals surface area contributed by atoms with Crippen molar-refractivity contribution in [3.05, 3.63) is 73.4 Å². The minimum Gasteiger partial charge on any atom is -0.778 e. The van der Waals surface area contributed by atoms with E-state index in [2.05, 4.69) is 37.7 Å². The molecule has 15 nitrogen and oxygen atoms in total. The fraction of sp³-hybridized carbons (Fsp3) is 0.433. The zero-order chi connectivity index (χ0) is 41.3. The largest absolute Gasteiger partial charge is 0.778 e. The van der Waals surface area contributed by atoms with Crippen molar-refractivity contribution in [2.75, 3.05) is 62.0 Å². The Hall–Kier alpha value is -3.13. The normalized spacial score (nSPS) is 11.9. The first kappa shape index (κ1) is 49.9. The van der Waals surface area contributed by atoms with Gasteiger partial charge in [-0.3, -0.25) is 29.9 Å².